The Bertz CT molecular complexity index is 790. The third-order valence-corrected chi connectivity index (χ3v) is 3.20. The van der Waals surface area contributed by atoms with Crippen LogP contribution in [0.5, 0.6) is 0 Å². The lowest BCUT2D eigenvalue weighted by Gasteiger charge is -2.05. The van der Waals surface area contributed by atoms with Crippen molar-refractivity contribution < 1.29 is 4.79 Å². The molecule has 0 saturated heterocycles. The van der Waals surface area contributed by atoms with E-state index in [4.69, 9.17) is 0 Å². The predicted molar refractivity (Wildman–Crippen MR) is 83.2 cm³/mol. The second-order valence-corrected chi connectivity index (χ2v) is 4.60. The van der Waals surface area contributed by atoms with Crippen molar-refractivity contribution in [2.75, 3.05) is 6.54 Å². The van der Waals surface area contributed by atoms with Gasteiger partial charge in [-0.1, -0.05) is 42.5 Å². The van der Waals surface area contributed by atoms with Crippen LogP contribution in [-0.4, -0.2) is 21.8 Å². The van der Waals surface area contributed by atoms with Crippen LogP contribution < -0.4 is 5.32 Å². The first kappa shape index (κ1) is 13.1. The van der Waals surface area contributed by atoms with Crippen molar-refractivity contribution in [3.8, 4) is 11.3 Å². The summed E-state index contributed by atoms with van der Waals surface area (Å²) in [5.41, 5.74) is 2.90. The lowest BCUT2D eigenvalue weighted by molar-refractivity contribution is 0.0953. The summed E-state index contributed by atoms with van der Waals surface area (Å²) in [7, 11) is 0. The van der Waals surface area contributed by atoms with Gasteiger partial charge in [0, 0.05) is 18.3 Å². The van der Waals surface area contributed by atoms with Gasteiger partial charge in [0.15, 0.2) is 0 Å². The van der Waals surface area contributed by atoms with Crippen molar-refractivity contribution in [1.82, 2.24) is 14.7 Å². The Hall–Kier alpha value is -2.88. The Morgan fingerprint density at radius 2 is 1.95 bits per heavy atom. The fourth-order valence-electron chi connectivity index (χ4n) is 2.26. The van der Waals surface area contributed by atoms with E-state index in [1.165, 1.54) is 0 Å². The number of imidazole rings is 1. The van der Waals surface area contributed by atoms with Crippen LogP contribution in [0.4, 0.5) is 0 Å². The van der Waals surface area contributed by atoms with E-state index in [9.17, 15) is 4.79 Å². The molecule has 0 bridgehead atoms. The number of benzene rings is 1. The van der Waals surface area contributed by atoms with E-state index < -0.39 is 0 Å². The molecule has 0 aliphatic carbocycles. The molecular weight excluding hydrogens is 262 g/mol. The quantitative estimate of drug-likeness (QED) is 0.745. The van der Waals surface area contributed by atoms with Crippen LogP contribution in [0.3, 0.4) is 0 Å². The van der Waals surface area contributed by atoms with Crippen LogP contribution in [0.25, 0.3) is 16.9 Å². The summed E-state index contributed by atoms with van der Waals surface area (Å²) in [6.45, 7) is 4.04. The van der Waals surface area contributed by atoms with Crippen LogP contribution in [0.15, 0.2) is 67.4 Å². The molecule has 2 heterocycles. The fourth-order valence-corrected chi connectivity index (χ4v) is 2.26. The smallest absolute Gasteiger partial charge is 0.270 e. The standard InChI is InChI=1S/C17H15N3O/c1-2-11-18-17(21)16-15(13-8-4-3-5-9-13)19-14-10-6-7-12-20(14)16/h2-10,12H,1,11H2,(H,18,21). The van der Waals surface area contributed by atoms with Gasteiger partial charge in [0.25, 0.3) is 5.91 Å². The molecule has 4 nitrogen and oxygen atoms in total. The Labute approximate surface area is 122 Å². The van der Waals surface area contributed by atoms with Gasteiger partial charge in [0.2, 0.25) is 0 Å². The van der Waals surface area contributed by atoms with Crippen molar-refractivity contribution in [2.24, 2.45) is 0 Å². The van der Waals surface area contributed by atoms with Crippen LogP contribution >= 0.6 is 0 Å². The number of amides is 1. The first-order valence-corrected chi connectivity index (χ1v) is 6.73. The molecule has 0 saturated carbocycles. The number of pyridine rings is 1. The summed E-state index contributed by atoms with van der Waals surface area (Å²) in [5.74, 6) is -0.160. The SMILES string of the molecule is C=CCNC(=O)c1c(-c2ccccc2)nc2ccccn12. The minimum absolute atomic E-state index is 0.160. The molecule has 0 atom stereocenters. The molecule has 4 heteroatoms. The molecule has 0 unspecified atom stereocenters. The van der Waals surface area contributed by atoms with E-state index in [1.54, 1.807) is 10.5 Å². The molecule has 0 radical (unpaired) electrons. The lowest BCUT2D eigenvalue weighted by atomic mass is 10.1. The monoisotopic (exact) mass is 277 g/mol. The Balaban J connectivity index is 2.19. The number of carbonyl (C=O) groups is 1. The molecule has 21 heavy (non-hydrogen) atoms. The molecule has 3 rings (SSSR count). The van der Waals surface area contributed by atoms with Crippen molar-refractivity contribution in [3.63, 3.8) is 0 Å². The van der Waals surface area contributed by atoms with Gasteiger partial charge in [-0.2, -0.15) is 0 Å². The van der Waals surface area contributed by atoms with Crippen molar-refractivity contribution >= 4 is 11.6 Å². The first-order chi connectivity index (χ1) is 10.3. The lowest BCUT2D eigenvalue weighted by Crippen LogP contribution is -2.25. The van der Waals surface area contributed by atoms with Gasteiger partial charge in [-0.15, -0.1) is 6.58 Å². The molecule has 1 amide bonds. The van der Waals surface area contributed by atoms with Gasteiger partial charge in [0.1, 0.15) is 17.0 Å². The molecule has 1 aromatic carbocycles. The summed E-state index contributed by atoms with van der Waals surface area (Å²) < 4.78 is 1.81. The number of hydrogen-bond acceptors (Lipinski definition) is 2. The highest BCUT2D eigenvalue weighted by molar-refractivity contribution is 5.99. The van der Waals surface area contributed by atoms with E-state index in [0.717, 1.165) is 11.2 Å². The number of nitrogens with one attached hydrogen (secondary N) is 1. The summed E-state index contributed by atoms with van der Waals surface area (Å²) in [6.07, 6.45) is 3.50. The third kappa shape index (κ3) is 2.43. The van der Waals surface area contributed by atoms with Crippen LogP contribution in [0.2, 0.25) is 0 Å². The second kappa shape index (κ2) is 5.63. The van der Waals surface area contributed by atoms with E-state index in [0.29, 0.717) is 17.9 Å². The number of nitrogens with zero attached hydrogens (tertiary/aromatic N) is 2. The van der Waals surface area contributed by atoms with Crippen molar-refractivity contribution in [2.45, 2.75) is 0 Å². The van der Waals surface area contributed by atoms with Crippen LogP contribution in [-0.2, 0) is 0 Å². The van der Waals surface area contributed by atoms with Gasteiger partial charge in [0.05, 0.1) is 0 Å². The molecule has 0 aliphatic rings. The minimum atomic E-state index is -0.160. The summed E-state index contributed by atoms with van der Waals surface area (Å²) in [5, 5.41) is 2.82. The number of hydrogen-bond donors (Lipinski definition) is 1. The zero-order valence-electron chi connectivity index (χ0n) is 11.5. The molecule has 104 valence electrons. The highest BCUT2D eigenvalue weighted by Crippen LogP contribution is 2.24. The third-order valence-electron chi connectivity index (χ3n) is 3.20. The topological polar surface area (TPSA) is 46.4 Å². The number of aromatic nitrogens is 2. The van der Waals surface area contributed by atoms with Gasteiger partial charge >= 0.3 is 0 Å². The zero-order valence-corrected chi connectivity index (χ0v) is 11.5. The Morgan fingerprint density at radius 1 is 1.19 bits per heavy atom. The average Bonchev–Trinajstić information content (AvgIpc) is 2.93. The van der Waals surface area contributed by atoms with Gasteiger partial charge < -0.3 is 5.32 Å². The van der Waals surface area contributed by atoms with Crippen molar-refractivity contribution in [3.05, 3.63) is 73.1 Å². The maximum atomic E-state index is 12.5. The second-order valence-electron chi connectivity index (χ2n) is 4.60. The maximum absolute atomic E-state index is 12.5. The molecule has 1 N–H and O–H groups in total. The Morgan fingerprint density at radius 3 is 2.71 bits per heavy atom. The first-order valence-electron chi connectivity index (χ1n) is 6.73. The normalized spacial score (nSPS) is 10.5. The minimum Gasteiger partial charge on any atom is -0.347 e. The molecule has 3 aromatic rings. The maximum Gasteiger partial charge on any atom is 0.270 e. The summed E-state index contributed by atoms with van der Waals surface area (Å²) in [4.78, 5) is 17.0. The molecular formula is C17H15N3O. The molecule has 0 spiro atoms. The van der Waals surface area contributed by atoms with E-state index >= 15 is 0 Å². The van der Waals surface area contributed by atoms with Crippen LogP contribution in [0, 0.1) is 0 Å². The number of rotatable bonds is 4. The molecule has 2 aromatic heterocycles. The number of carbonyl (C=O) groups excluding carboxylic acids is 1. The largest absolute Gasteiger partial charge is 0.347 e. The fraction of sp³-hybridized carbons (Fsp3) is 0.0588. The van der Waals surface area contributed by atoms with E-state index in [1.807, 2.05) is 54.7 Å². The summed E-state index contributed by atoms with van der Waals surface area (Å²) >= 11 is 0. The van der Waals surface area contributed by atoms with E-state index in [2.05, 4.69) is 16.9 Å². The van der Waals surface area contributed by atoms with Gasteiger partial charge in [-0.25, -0.2) is 4.98 Å². The number of fused-ring (bicyclic) bond motifs is 1. The zero-order chi connectivity index (χ0) is 14.7. The highest BCUT2D eigenvalue weighted by Gasteiger charge is 2.19. The Kier molecular flexibility index (Phi) is 3.51. The van der Waals surface area contributed by atoms with E-state index in [-0.39, 0.29) is 5.91 Å². The molecule has 0 fully saturated rings. The average molecular weight is 277 g/mol. The van der Waals surface area contributed by atoms with Gasteiger partial charge in [-0.3, -0.25) is 9.20 Å². The highest BCUT2D eigenvalue weighted by atomic mass is 16.1. The predicted octanol–water partition coefficient (Wildman–Crippen LogP) is 2.92. The van der Waals surface area contributed by atoms with Crippen LogP contribution in [0.1, 0.15) is 10.5 Å². The van der Waals surface area contributed by atoms with Gasteiger partial charge in [-0.05, 0) is 12.1 Å². The summed E-state index contributed by atoms with van der Waals surface area (Å²) in [6, 6.07) is 15.4. The molecule has 0 aliphatic heterocycles. The van der Waals surface area contributed by atoms with Crippen molar-refractivity contribution in [1.29, 1.82) is 0 Å².